The van der Waals surface area contributed by atoms with Crippen LogP contribution in [0.2, 0.25) is 0 Å². The summed E-state index contributed by atoms with van der Waals surface area (Å²) >= 11 is 1.69. The molecular formula is C25H29N3O4S2. The first-order chi connectivity index (χ1) is 16.2. The average molecular weight is 500 g/mol. The molecule has 0 unspecified atom stereocenters. The normalized spacial score (nSPS) is 11.6. The Morgan fingerprint density at radius 1 is 1.18 bits per heavy atom. The van der Waals surface area contributed by atoms with Crippen LogP contribution in [0.25, 0.3) is 10.9 Å². The van der Waals surface area contributed by atoms with E-state index in [2.05, 4.69) is 16.9 Å². The van der Waals surface area contributed by atoms with Gasteiger partial charge in [0.05, 0.1) is 4.90 Å². The van der Waals surface area contributed by atoms with Gasteiger partial charge in [-0.3, -0.25) is 9.59 Å². The van der Waals surface area contributed by atoms with Crippen LogP contribution in [0, 0.1) is 0 Å². The van der Waals surface area contributed by atoms with Gasteiger partial charge in [0.1, 0.15) is 5.56 Å². The molecule has 1 amide bonds. The molecule has 1 aromatic heterocycles. The number of hydrogen-bond donors (Lipinski definition) is 2. The molecule has 0 aliphatic carbocycles. The standard InChI is InChI=1S/C25H29N3O4S2/c1-4-28(16-18(2)3)34(31,32)20-10-11-23-21(14-20)24(29)22(15-27-23)25(30)26-12-13-33-17-19-8-6-5-7-9-19/h5-11,14-15H,2,4,12-13,16-17H2,1,3H3,(H,26,30)(H,27,29). The van der Waals surface area contributed by atoms with E-state index in [9.17, 15) is 18.0 Å². The predicted molar refractivity (Wildman–Crippen MR) is 139 cm³/mol. The molecule has 0 fully saturated rings. The van der Waals surface area contributed by atoms with Crippen LogP contribution >= 0.6 is 11.8 Å². The van der Waals surface area contributed by atoms with Gasteiger partial charge in [0.25, 0.3) is 5.91 Å². The Kier molecular flexibility index (Phi) is 8.71. The second-order valence-electron chi connectivity index (χ2n) is 7.92. The number of aromatic amines is 1. The van der Waals surface area contributed by atoms with Crippen LogP contribution in [0.1, 0.15) is 29.8 Å². The van der Waals surface area contributed by atoms with Crippen molar-refractivity contribution in [2.45, 2.75) is 24.5 Å². The highest BCUT2D eigenvalue weighted by Gasteiger charge is 2.24. The Morgan fingerprint density at radius 2 is 1.91 bits per heavy atom. The van der Waals surface area contributed by atoms with Crippen molar-refractivity contribution in [1.82, 2.24) is 14.6 Å². The Bertz CT molecular complexity index is 1340. The summed E-state index contributed by atoms with van der Waals surface area (Å²) in [6.45, 7) is 8.17. The number of sulfonamides is 1. The number of amides is 1. The first kappa shape index (κ1) is 25.7. The summed E-state index contributed by atoms with van der Waals surface area (Å²) in [5.74, 6) is 1.04. The van der Waals surface area contributed by atoms with Gasteiger partial charge in [-0.15, -0.1) is 0 Å². The number of nitrogens with zero attached hydrogens (tertiary/aromatic N) is 1. The largest absolute Gasteiger partial charge is 0.360 e. The molecule has 34 heavy (non-hydrogen) atoms. The summed E-state index contributed by atoms with van der Waals surface area (Å²) in [7, 11) is -3.81. The van der Waals surface area contributed by atoms with Gasteiger partial charge in [-0.2, -0.15) is 16.1 Å². The van der Waals surface area contributed by atoms with Gasteiger partial charge in [0.2, 0.25) is 15.5 Å². The van der Waals surface area contributed by atoms with E-state index in [0.29, 0.717) is 23.4 Å². The van der Waals surface area contributed by atoms with Crippen molar-refractivity contribution >= 4 is 38.6 Å². The molecule has 180 valence electrons. The molecule has 0 atom stereocenters. The number of pyridine rings is 1. The smallest absolute Gasteiger partial charge is 0.256 e. The summed E-state index contributed by atoms with van der Waals surface area (Å²) in [4.78, 5) is 28.6. The van der Waals surface area contributed by atoms with E-state index in [1.807, 2.05) is 30.3 Å². The van der Waals surface area contributed by atoms with E-state index in [-0.39, 0.29) is 28.9 Å². The van der Waals surface area contributed by atoms with Crippen LogP contribution in [0.5, 0.6) is 0 Å². The number of rotatable bonds is 11. The average Bonchev–Trinajstić information content (AvgIpc) is 2.82. The van der Waals surface area contributed by atoms with Gasteiger partial charge in [0, 0.05) is 48.2 Å². The van der Waals surface area contributed by atoms with Crippen LogP contribution < -0.4 is 10.7 Å². The Balaban J connectivity index is 1.74. The van der Waals surface area contributed by atoms with Crippen molar-refractivity contribution in [3.05, 3.63) is 88.2 Å². The summed E-state index contributed by atoms with van der Waals surface area (Å²) in [5, 5.41) is 2.92. The Labute approximate surface area is 204 Å². The molecular weight excluding hydrogens is 470 g/mol. The highest BCUT2D eigenvalue weighted by Crippen LogP contribution is 2.20. The van der Waals surface area contributed by atoms with Gasteiger partial charge >= 0.3 is 0 Å². The van der Waals surface area contributed by atoms with E-state index >= 15 is 0 Å². The fourth-order valence-electron chi connectivity index (χ4n) is 3.44. The molecule has 0 radical (unpaired) electrons. The molecule has 0 saturated carbocycles. The molecule has 0 bridgehead atoms. The van der Waals surface area contributed by atoms with Gasteiger partial charge in [-0.1, -0.05) is 49.4 Å². The highest BCUT2D eigenvalue weighted by molar-refractivity contribution is 7.98. The SMILES string of the molecule is C=C(C)CN(CC)S(=O)(=O)c1ccc2[nH]cc(C(=O)NCCSCc3ccccc3)c(=O)c2c1. The quantitative estimate of drug-likeness (QED) is 0.309. The fraction of sp³-hybridized carbons (Fsp3) is 0.280. The van der Waals surface area contributed by atoms with Crippen molar-refractivity contribution in [3.63, 3.8) is 0 Å². The number of carbonyl (C=O) groups is 1. The number of nitrogens with one attached hydrogen (secondary N) is 2. The highest BCUT2D eigenvalue weighted by atomic mass is 32.2. The number of thioether (sulfide) groups is 1. The van der Waals surface area contributed by atoms with Gasteiger partial charge in [-0.25, -0.2) is 8.42 Å². The number of aromatic nitrogens is 1. The second-order valence-corrected chi connectivity index (χ2v) is 11.0. The first-order valence-electron chi connectivity index (χ1n) is 10.9. The van der Waals surface area contributed by atoms with Crippen LogP contribution in [-0.2, 0) is 15.8 Å². The third-order valence-electron chi connectivity index (χ3n) is 5.18. The fourth-order valence-corrected chi connectivity index (χ4v) is 5.79. The van der Waals surface area contributed by atoms with Crippen LogP contribution in [0.4, 0.5) is 0 Å². The molecule has 9 heteroatoms. The predicted octanol–water partition coefficient (Wildman–Crippen LogP) is 3.78. The zero-order valence-corrected chi connectivity index (χ0v) is 21.0. The molecule has 3 rings (SSSR count). The number of H-pyrrole nitrogens is 1. The summed E-state index contributed by atoms with van der Waals surface area (Å²) < 4.78 is 27.4. The van der Waals surface area contributed by atoms with E-state index < -0.39 is 21.4 Å². The lowest BCUT2D eigenvalue weighted by molar-refractivity contribution is 0.0955. The van der Waals surface area contributed by atoms with Crippen molar-refractivity contribution < 1.29 is 13.2 Å². The molecule has 7 nitrogen and oxygen atoms in total. The lowest BCUT2D eigenvalue weighted by atomic mass is 10.1. The number of likely N-dealkylation sites (N-methyl/N-ethyl adjacent to an activating group) is 1. The zero-order valence-electron chi connectivity index (χ0n) is 19.3. The molecule has 2 aromatic carbocycles. The molecule has 0 aliphatic rings. The maximum atomic E-state index is 13.1. The maximum absolute atomic E-state index is 13.1. The van der Waals surface area contributed by atoms with Crippen LogP contribution in [-0.4, -0.2) is 49.0 Å². The second kappa shape index (κ2) is 11.5. The third kappa shape index (κ3) is 6.16. The lowest BCUT2D eigenvalue weighted by Gasteiger charge is -2.20. The molecule has 0 spiro atoms. The van der Waals surface area contributed by atoms with Crippen LogP contribution in [0.15, 0.2) is 76.6 Å². The van der Waals surface area contributed by atoms with E-state index in [1.54, 1.807) is 31.7 Å². The molecule has 2 N–H and O–H groups in total. The third-order valence-corrected chi connectivity index (χ3v) is 8.12. The summed E-state index contributed by atoms with van der Waals surface area (Å²) in [6, 6.07) is 14.4. The van der Waals surface area contributed by atoms with Gasteiger partial charge in [0.15, 0.2) is 0 Å². The minimum atomic E-state index is -3.81. The van der Waals surface area contributed by atoms with E-state index in [0.717, 1.165) is 5.75 Å². The molecule has 0 saturated heterocycles. The summed E-state index contributed by atoms with van der Waals surface area (Å²) in [5.41, 5.74) is 1.82. The topological polar surface area (TPSA) is 99.3 Å². The first-order valence-corrected chi connectivity index (χ1v) is 13.5. The zero-order chi connectivity index (χ0) is 24.7. The minimum Gasteiger partial charge on any atom is -0.360 e. The number of benzene rings is 2. The van der Waals surface area contributed by atoms with Crippen molar-refractivity contribution in [2.24, 2.45) is 0 Å². The minimum absolute atomic E-state index is 0.00321. The maximum Gasteiger partial charge on any atom is 0.256 e. The van der Waals surface area contributed by atoms with Crippen molar-refractivity contribution in [2.75, 3.05) is 25.4 Å². The number of carbonyl (C=O) groups excluding carboxylic acids is 1. The Hall–Kier alpha value is -2.88. The monoisotopic (exact) mass is 499 g/mol. The molecule has 1 heterocycles. The Morgan fingerprint density at radius 3 is 2.59 bits per heavy atom. The van der Waals surface area contributed by atoms with Gasteiger partial charge < -0.3 is 10.3 Å². The number of hydrogen-bond acceptors (Lipinski definition) is 5. The van der Waals surface area contributed by atoms with E-state index in [1.165, 1.54) is 28.2 Å². The summed E-state index contributed by atoms with van der Waals surface area (Å²) in [6.07, 6.45) is 1.37. The molecule has 0 aliphatic heterocycles. The van der Waals surface area contributed by atoms with Crippen molar-refractivity contribution in [1.29, 1.82) is 0 Å². The van der Waals surface area contributed by atoms with E-state index in [4.69, 9.17) is 0 Å². The van der Waals surface area contributed by atoms with Crippen molar-refractivity contribution in [3.8, 4) is 0 Å². The lowest BCUT2D eigenvalue weighted by Crippen LogP contribution is -2.32. The van der Waals surface area contributed by atoms with Crippen LogP contribution in [0.3, 0.4) is 0 Å². The molecule has 3 aromatic rings. The van der Waals surface area contributed by atoms with Gasteiger partial charge in [-0.05, 0) is 30.7 Å². The number of fused-ring (bicyclic) bond motifs is 1.